The number of anilines is 2. The van der Waals surface area contributed by atoms with Crippen LogP contribution < -0.4 is 14.8 Å². The van der Waals surface area contributed by atoms with Gasteiger partial charge in [-0.1, -0.05) is 182 Å². The molecule has 388 valence electrons. The Morgan fingerprint density at radius 3 is 1.85 bits per heavy atom. The van der Waals surface area contributed by atoms with Gasteiger partial charge in [0.2, 0.25) is 0 Å². The van der Waals surface area contributed by atoms with E-state index in [0.717, 1.165) is 31.7 Å². The lowest BCUT2D eigenvalue weighted by Crippen LogP contribution is -2.59. The van der Waals surface area contributed by atoms with Crippen molar-refractivity contribution >= 4 is 82.2 Å². The average Bonchev–Trinajstić information content (AvgIpc) is 3.57. The largest absolute Gasteiger partial charge is 0.491 e. The van der Waals surface area contributed by atoms with E-state index in [9.17, 15) is 34.8 Å². The van der Waals surface area contributed by atoms with Gasteiger partial charge in [-0.25, -0.2) is 38.9 Å². The molecule has 0 aromatic heterocycles. The van der Waals surface area contributed by atoms with Gasteiger partial charge in [-0.05, 0) is 61.0 Å². The number of ketones is 1. The lowest BCUT2D eigenvalue weighted by atomic mass is 10.0. The number of hydrogen-bond acceptors (Lipinski definition) is 11. The fourth-order valence-electron chi connectivity index (χ4n) is 8.87. The molecule has 2 heterocycles. The average molecular weight is 1070 g/mol. The molecule has 0 radical (unpaired) electrons. The van der Waals surface area contributed by atoms with Crippen LogP contribution in [0.15, 0.2) is 141 Å². The summed E-state index contributed by atoms with van der Waals surface area (Å²) in [5.74, 6) is -4.03. The maximum Gasteiger partial charge on any atom is 0.270 e. The second-order valence-corrected chi connectivity index (χ2v) is 23.8. The molecule has 0 spiro atoms. The second kappa shape index (κ2) is 25.2. The van der Waals surface area contributed by atoms with Gasteiger partial charge in [-0.15, -0.1) is 0 Å². The SMILES string of the molecule is CCCCCCCCCCCCCCCCCCOc1ccc(S(=O)(=O)Nc2ccccc2Cl)cc1NC(=O)C(C1=Nc2ccccc2S(=O)(=O)N1CC(=O)c1ccccc1)N1C(=O)c2ccccc2S1(=O)=O. The van der Waals surface area contributed by atoms with Crippen LogP contribution in [-0.4, -0.2) is 76.5 Å². The van der Waals surface area contributed by atoms with E-state index in [2.05, 4.69) is 22.0 Å². The van der Waals surface area contributed by atoms with E-state index in [0.29, 0.717) is 10.7 Å². The first-order valence-corrected chi connectivity index (χ1v) is 29.7. The number of amides is 2. The van der Waals surface area contributed by atoms with Crippen LogP contribution in [0.25, 0.3) is 0 Å². The number of Topliss-reactive ketones (excluding diaryl/α,β-unsaturated/α-hetero) is 1. The number of carbonyl (C=O) groups is 3. The molecule has 5 aromatic carbocycles. The maximum atomic E-state index is 15.3. The minimum absolute atomic E-state index is 0.0108. The van der Waals surface area contributed by atoms with Gasteiger partial charge < -0.3 is 10.1 Å². The third kappa shape index (κ3) is 13.4. The lowest BCUT2D eigenvalue weighted by Gasteiger charge is -2.35. The number of rotatable bonds is 28. The minimum atomic E-state index is -4.93. The molecule has 15 nitrogen and oxygen atoms in total. The molecule has 19 heteroatoms. The molecule has 2 amide bonds. The molecule has 5 aromatic rings. The molecule has 1 unspecified atom stereocenters. The number of aliphatic imine (C=N–C) groups is 1. The molecule has 7 rings (SSSR count). The first-order valence-electron chi connectivity index (χ1n) is 25.0. The summed E-state index contributed by atoms with van der Waals surface area (Å²) in [7, 11) is -14.2. The molecule has 2 N–H and O–H groups in total. The van der Waals surface area contributed by atoms with E-state index >= 15 is 4.79 Å². The van der Waals surface area contributed by atoms with Crippen molar-refractivity contribution in [3.8, 4) is 5.75 Å². The number of unbranched alkanes of at least 4 members (excludes halogenated alkanes) is 15. The second-order valence-electron chi connectivity index (χ2n) is 18.1. The maximum absolute atomic E-state index is 15.3. The van der Waals surface area contributed by atoms with Crippen molar-refractivity contribution in [3.63, 3.8) is 0 Å². The molecule has 1 atom stereocenters. The molecule has 0 aliphatic carbocycles. The van der Waals surface area contributed by atoms with E-state index in [4.69, 9.17) is 16.3 Å². The Morgan fingerprint density at radius 2 is 1.22 bits per heavy atom. The smallest absolute Gasteiger partial charge is 0.270 e. The van der Waals surface area contributed by atoms with Gasteiger partial charge in [0.25, 0.3) is 41.9 Å². The topological polar surface area (TPSA) is 206 Å². The third-order valence-electron chi connectivity index (χ3n) is 12.8. The molecule has 2 aliphatic heterocycles. The van der Waals surface area contributed by atoms with Crippen molar-refractivity contribution in [1.82, 2.24) is 8.61 Å². The Kier molecular flexibility index (Phi) is 18.9. The van der Waals surface area contributed by atoms with Crippen LogP contribution in [0.5, 0.6) is 5.75 Å². The van der Waals surface area contributed by atoms with E-state index in [1.54, 1.807) is 30.3 Å². The summed E-state index contributed by atoms with van der Waals surface area (Å²) < 4.78 is 95.7. The number of para-hydroxylation sites is 2. The van der Waals surface area contributed by atoms with E-state index < -0.39 is 71.0 Å². The third-order valence-corrected chi connectivity index (χ3v) is 18.1. The quantitative estimate of drug-likeness (QED) is 0.0358. The highest BCUT2D eigenvalue weighted by atomic mass is 35.5. The molecule has 0 saturated heterocycles. The first kappa shape index (κ1) is 54.7. The van der Waals surface area contributed by atoms with Gasteiger partial charge >= 0.3 is 0 Å². The lowest BCUT2D eigenvalue weighted by molar-refractivity contribution is -0.117. The van der Waals surface area contributed by atoms with Crippen LogP contribution in [0.2, 0.25) is 5.02 Å². The first-order chi connectivity index (χ1) is 35.1. The molecular formula is C54H62ClN5O10S3. The van der Waals surface area contributed by atoms with Crippen molar-refractivity contribution in [2.45, 2.75) is 130 Å². The number of fused-ring (bicyclic) bond motifs is 2. The number of carbonyl (C=O) groups excluding carboxylic acids is 3. The van der Waals surface area contributed by atoms with Gasteiger partial charge in [-0.3, -0.25) is 19.1 Å². The van der Waals surface area contributed by atoms with Gasteiger partial charge in [-0.2, -0.15) is 0 Å². The van der Waals surface area contributed by atoms with Crippen molar-refractivity contribution < 1.29 is 44.4 Å². The van der Waals surface area contributed by atoms with Crippen LogP contribution in [0, 0.1) is 0 Å². The summed E-state index contributed by atoms with van der Waals surface area (Å²) in [6.07, 6.45) is 18.8. The van der Waals surface area contributed by atoms with Crippen LogP contribution in [0.3, 0.4) is 0 Å². The van der Waals surface area contributed by atoms with E-state index in [1.165, 1.54) is 156 Å². The summed E-state index contributed by atoms with van der Waals surface area (Å²) in [5.41, 5.74) is -0.585. The van der Waals surface area contributed by atoms with Crippen molar-refractivity contribution in [2.75, 3.05) is 23.2 Å². The van der Waals surface area contributed by atoms with Gasteiger partial charge in [0, 0.05) is 5.56 Å². The summed E-state index contributed by atoms with van der Waals surface area (Å²) in [6.45, 7) is 1.44. The number of hydrogen-bond donors (Lipinski definition) is 2. The summed E-state index contributed by atoms with van der Waals surface area (Å²) in [6, 6.07) is 25.9. The number of sulfonamides is 3. The van der Waals surface area contributed by atoms with Crippen LogP contribution in [0.4, 0.5) is 17.1 Å². The zero-order valence-electron chi connectivity index (χ0n) is 40.9. The Morgan fingerprint density at radius 1 is 0.658 bits per heavy atom. The van der Waals surface area contributed by atoms with Crippen molar-refractivity contribution in [3.05, 3.63) is 137 Å². The number of benzene rings is 5. The summed E-state index contributed by atoms with van der Waals surface area (Å²) >= 11 is 6.31. The summed E-state index contributed by atoms with van der Waals surface area (Å²) in [5, 5.41) is 2.70. The molecule has 0 bridgehead atoms. The molecule has 73 heavy (non-hydrogen) atoms. The Balaban J connectivity index is 1.16. The zero-order valence-corrected chi connectivity index (χ0v) is 44.1. The van der Waals surface area contributed by atoms with Crippen LogP contribution in [0.1, 0.15) is 130 Å². The number of ether oxygens (including phenoxy) is 1. The van der Waals surface area contributed by atoms with Crippen molar-refractivity contribution in [1.29, 1.82) is 0 Å². The number of nitrogens with zero attached hydrogens (tertiary/aromatic N) is 3. The normalized spacial score (nSPS) is 15.0. The van der Waals surface area contributed by atoms with Gasteiger partial charge in [0.15, 0.2) is 17.7 Å². The van der Waals surface area contributed by atoms with Gasteiger partial charge in [0.05, 0.1) is 45.7 Å². The highest BCUT2D eigenvalue weighted by Crippen LogP contribution is 2.39. The minimum Gasteiger partial charge on any atom is -0.491 e. The molecule has 0 saturated carbocycles. The molecule has 2 aliphatic rings. The predicted octanol–water partition coefficient (Wildman–Crippen LogP) is 11.6. The van der Waals surface area contributed by atoms with Crippen LogP contribution in [-0.2, 0) is 34.9 Å². The highest BCUT2D eigenvalue weighted by molar-refractivity contribution is 7.92. The highest BCUT2D eigenvalue weighted by Gasteiger charge is 2.53. The summed E-state index contributed by atoms with van der Waals surface area (Å²) in [4.78, 5) is 47.0. The fourth-order valence-corrected chi connectivity index (χ4v) is 13.4. The monoisotopic (exact) mass is 1070 g/mol. The fraction of sp³-hybridized carbons (Fsp3) is 0.370. The van der Waals surface area contributed by atoms with E-state index in [-0.39, 0.29) is 59.7 Å². The van der Waals surface area contributed by atoms with Crippen LogP contribution >= 0.6 is 11.6 Å². The Labute approximate surface area is 434 Å². The predicted molar refractivity (Wildman–Crippen MR) is 284 cm³/mol. The number of nitrogens with one attached hydrogen (secondary N) is 2. The number of halogens is 1. The number of amidine groups is 1. The molecular weight excluding hydrogens is 1010 g/mol. The van der Waals surface area contributed by atoms with Gasteiger partial charge in [0.1, 0.15) is 15.5 Å². The zero-order chi connectivity index (χ0) is 52.0. The standard InChI is InChI=1S/C54H62ClN5O10S3/c1-2-3-4-5-6-7-8-9-10-11-12-13-14-15-16-26-37-70-48-36-35-41(71(64,65)58-44-31-22-21-30-43(44)55)38-46(48)57-53(62)51(60-54(63)42-29-20-24-33-49(42)73(60,68)69)52-56-45-32-23-25-34-50(45)72(66,67)59(52)39-47(61)40-27-18-17-19-28-40/h17-25,27-36,38,51,58H,2-16,26,37,39H2,1H3,(H,57,62). The van der Waals surface area contributed by atoms with Crippen molar-refractivity contribution in [2.24, 2.45) is 4.99 Å². The Hall–Kier alpha value is -6.08. The molecule has 0 fully saturated rings. The van der Waals surface area contributed by atoms with E-state index in [1.807, 2.05) is 0 Å². The Bertz CT molecular complexity index is 3140.